The molecule has 0 atom stereocenters. The number of nitrogens with zero attached hydrogens (tertiary/aromatic N) is 2. The lowest BCUT2D eigenvalue weighted by atomic mass is 9.95. The van der Waals surface area contributed by atoms with Crippen LogP contribution in [0.5, 0.6) is 0 Å². The molecule has 0 unspecified atom stereocenters. The smallest absolute Gasteiger partial charge is 0.282 e. The summed E-state index contributed by atoms with van der Waals surface area (Å²) in [4.78, 5) is 18.3. The average Bonchev–Trinajstić information content (AvgIpc) is 2.83. The van der Waals surface area contributed by atoms with Crippen LogP contribution in [0.1, 0.15) is 49.9 Å². The van der Waals surface area contributed by atoms with Crippen LogP contribution in [0.15, 0.2) is 29.4 Å². The van der Waals surface area contributed by atoms with E-state index in [0.717, 1.165) is 11.4 Å². The molecule has 24 heavy (non-hydrogen) atoms. The molecule has 0 aliphatic heterocycles. The number of benzene rings is 1. The number of hydrogen-bond acceptors (Lipinski definition) is 2. The number of hydrogen-bond donors (Lipinski definition) is 0. The van der Waals surface area contributed by atoms with Crippen molar-refractivity contribution >= 4 is 28.8 Å². The van der Waals surface area contributed by atoms with Crippen LogP contribution < -0.4 is 4.80 Å². The van der Waals surface area contributed by atoms with Crippen LogP contribution in [-0.2, 0) is 12.0 Å². The first kappa shape index (κ1) is 18.9. The van der Waals surface area contributed by atoms with Crippen LogP contribution in [0.2, 0.25) is 5.02 Å². The fourth-order valence-electron chi connectivity index (χ4n) is 2.15. The third-order valence-corrected chi connectivity index (χ3v) is 5.06. The van der Waals surface area contributed by atoms with E-state index in [4.69, 9.17) is 11.6 Å². The first-order chi connectivity index (χ1) is 11.1. The monoisotopic (exact) mass is 368 g/mol. The van der Waals surface area contributed by atoms with Crippen molar-refractivity contribution in [1.29, 1.82) is 0 Å². The van der Waals surface area contributed by atoms with Crippen LogP contribution in [0.25, 0.3) is 0 Å². The Labute approximate surface area is 150 Å². The molecule has 3 nitrogen and oxygen atoms in total. The lowest BCUT2D eigenvalue weighted by Gasteiger charge is -2.14. The normalized spacial score (nSPS) is 12.9. The van der Waals surface area contributed by atoms with Crippen molar-refractivity contribution in [3.8, 4) is 0 Å². The van der Waals surface area contributed by atoms with Gasteiger partial charge in [-0.2, -0.15) is 4.99 Å². The zero-order valence-electron chi connectivity index (χ0n) is 14.6. The van der Waals surface area contributed by atoms with E-state index in [-0.39, 0.29) is 11.0 Å². The molecule has 1 amide bonds. The Morgan fingerprint density at radius 1 is 1.38 bits per heavy atom. The molecule has 130 valence electrons. The van der Waals surface area contributed by atoms with Crippen LogP contribution in [0, 0.1) is 11.7 Å². The summed E-state index contributed by atoms with van der Waals surface area (Å²) in [6, 6.07) is 3.91. The second kappa shape index (κ2) is 7.19. The summed E-state index contributed by atoms with van der Waals surface area (Å²) in [6.45, 7) is 11.3. The maximum absolute atomic E-state index is 13.9. The molecule has 2 aromatic rings. The third kappa shape index (κ3) is 4.54. The van der Waals surface area contributed by atoms with Gasteiger partial charge in [0.25, 0.3) is 5.91 Å². The van der Waals surface area contributed by atoms with Crippen molar-refractivity contribution in [2.24, 2.45) is 10.9 Å². The van der Waals surface area contributed by atoms with Gasteiger partial charge in [0.1, 0.15) is 5.82 Å². The van der Waals surface area contributed by atoms with E-state index < -0.39 is 11.7 Å². The van der Waals surface area contributed by atoms with Crippen molar-refractivity contribution < 1.29 is 9.18 Å². The highest BCUT2D eigenvalue weighted by atomic mass is 35.5. The Kier molecular flexibility index (Phi) is 5.66. The van der Waals surface area contributed by atoms with Gasteiger partial charge in [0.2, 0.25) is 0 Å². The number of thiazole rings is 1. The fraction of sp³-hybridized carbons (Fsp3) is 0.444. The van der Waals surface area contributed by atoms with Gasteiger partial charge in [0.15, 0.2) is 4.80 Å². The molecule has 2 rings (SSSR count). The predicted molar refractivity (Wildman–Crippen MR) is 97.2 cm³/mol. The van der Waals surface area contributed by atoms with E-state index in [9.17, 15) is 9.18 Å². The summed E-state index contributed by atoms with van der Waals surface area (Å²) in [7, 11) is 0. The molecule has 0 aliphatic carbocycles. The van der Waals surface area contributed by atoms with E-state index in [1.54, 1.807) is 0 Å². The van der Waals surface area contributed by atoms with Gasteiger partial charge in [0.05, 0.1) is 5.56 Å². The van der Waals surface area contributed by atoms with Crippen LogP contribution >= 0.6 is 22.9 Å². The standard InChI is InChI=1S/C18H22ClFN2OS/c1-11(2)9-22-10-15(18(3,4)5)24-17(22)21-16(23)13-8-12(19)6-7-14(13)20/h6-8,10-11H,9H2,1-5H3. The van der Waals surface area contributed by atoms with E-state index in [1.165, 1.54) is 29.5 Å². The number of halogens is 2. The summed E-state index contributed by atoms with van der Waals surface area (Å²) in [5, 5.41) is 0.312. The Morgan fingerprint density at radius 2 is 2.04 bits per heavy atom. The van der Waals surface area contributed by atoms with Gasteiger partial charge in [-0.1, -0.05) is 46.2 Å². The van der Waals surface area contributed by atoms with E-state index in [2.05, 4.69) is 39.6 Å². The van der Waals surface area contributed by atoms with Gasteiger partial charge in [-0.05, 0) is 29.5 Å². The zero-order valence-corrected chi connectivity index (χ0v) is 16.1. The molecule has 0 fully saturated rings. The summed E-state index contributed by atoms with van der Waals surface area (Å²) in [5.74, 6) is -0.824. The molecule has 1 aromatic carbocycles. The summed E-state index contributed by atoms with van der Waals surface area (Å²) < 4.78 is 15.9. The summed E-state index contributed by atoms with van der Waals surface area (Å²) in [5.41, 5.74) is -0.147. The predicted octanol–water partition coefficient (Wildman–Crippen LogP) is 5.04. The van der Waals surface area contributed by atoms with Crippen LogP contribution in [0.4, 0.5) is 4.39 Å². The highest BCUT2D eigenvalue weighted by Crippen LogP contribution is 2.25. The first-order valence-corrected chi connectivity index (χ1v) is 9.02. The van der Waals surface area contributed by atoms with Crippen molar-refractivity contribution in [3.05, 3.63) is 50.5 Å². The highest BCUT2D eigenvalue weighted by Gasteiger charge is 2.19. The molecule has 1 aromatic heterocycles. The van der Waals surface area contributed by atoms with Crippen LogP contribution in [-0.4, -0.2) is 10.5 Å². The molecule has 0 saturated heterocycles. The largest absolute Gasteiger partial charge is 0.323 e. The minimum absolute atomic E-state index is 0.0402. The number of carbonyl (C=O) groups excluding carboxylic acids is 1. The molecular weight excluding hydrogens is 347 g/mol. The van der Waals surface area contributed by atoms with Crippen LogP contribution in [0.3, 0.4) is 0 Å². The minimum Gasteiger partial charge on any atom is -0.323 e. The molecule has 1 heterocycles. The number of rotatable bonds is 3. The van der Waals surface area contributed by atoms with Gasteiger partial charge >= 0.3 is 0 Å². The van der Waals surface area contributed by atoms with Gasteiger partial charge < -0.3 is 4.57 Å². The minimum atomic E-state index is -0.616. The van der Waals surface area contributed by atoms with Crippen molar-refractivity contribution in [1.82, 2.24) is 4.57 Å². The summed E-state index contributed by atoms with van der Waals surface area (Å²) >= 11 is 7.33. The van der Waals surface area contributed by atoms with Crippen molar-refractivity contribution in [3.63, 3.8) is 0 Å². The lowest BCUT2D eigenvalue weighted by molar-refractivity contribution is 0.0993. The van der Waals surface area contributed by atoms with Gasteiger partial charge in [-0.15, -0.1) is 11.3 Å². The first-order valence-electron chi connectivity index (χ1n) is 7.83. The molecule has 0 saturated carbocycles. The lowest BCUT2D eigenvalue weighted by Crippen LogP contribution is -2.19. The van der Waals surface area contributed by atoms with Crippen molar-refractivity contribution in [2.75, 3.05) is 0 Å². The fourth-order valence-corrected chi connectivity index (χ4v) is 3.37. The molecule has 0 spiro atoms. The zero-order chi connectivity index (χ0) is 18.1. The van der Waals surface area contributed by atoms with Crippen molar-refractivity contribution in [2.45, 2.75) is 46.6 Å². The molecule has 0 bridgehead atoms. The Hall–Kier alpha value is -1.46. The number of amides is 1. The van der Waals surface area contributed by atoms with E-state index in [1.807, 2.05) is 10.8 Å². The topological polar surface area (TPSA) is 34.4 Å². The Bertz CT molecular complexity index is 815. The molecule has 0 radical (unpaired) electrons. The Morgan fingerprint density at radius 3 is 2.62 bits per heavy atom. The number of aromatic nitrogens is 1. The summed E-state index contributed by atoms with van der Waals surface area (Å²) in [6.07, 6.45) is 2.03. The maximum Gasteiger partial charge on any atom is 0.282 e. The molecule has 0 N–H and O–H groups in total. The van der Waals surface area contributed by atoms with Gasteiger partial charge in [-0.3, -0.25) is 4.79 Å². The SMILES string of the molecule is CC(C)Cn1cc(C(C)(C)C)sc1=NC(=O)c1cc(Cl)ccc1F. The molecule has 6 heteroatoms. The molecular formula is C18H22ClFN2OS. The third-order valence-electron chi connectivity index (χ3n) is 3.38. The Balaban J connectivity index is 2.52. The molecule has 0 aliphatic rings. The second-order valence-electron chi connectivity index (χ2n) is 7.22. The van der Waals surface area contributed by atoms with E-state index in [0.29, 0.717) is 15.7 Å². The quantitative estimate of drug-likeness (QED) is 0.747. The van der Waals surface area contributed by atoms with E-state index >= 15 is 0 Å². The highest BCUT2D eigenvalue weighted by molar-refractivity contribution is 7.09. The average molecular weight is 369 g/mol. The maximum atomic E-state index is 13.9. The number of carbonyl (C=O) groups is 1. The van der Waals surface area contributed by atoms with Gasteiger partial charge in [0, 0.05) is 22.6 Å². The van der Waals surface area contributed by atoms with Gasteiger partial charge in [-0.25, -0.2) is 4.39 Å². The second-order valence-corrected chi connectivity index (χ2v) is 8.66.